The smallest absolute Gasteiger partial charge is 0.261 e. The van der Waals surface area contributed by atoms with Crippen LogP contribution in [0.15, 0.2) is 145 Å². The van der Waals surface area contributed by atoms with Crippen molar-refractivity contribution in [3.05, 3.63) is 145 Å². The molecule has 4 rings (SSSR count). The Hall–Kier alpha value is -3.14. The predicted octanol–water partition coefficient (Wildman–Crippen LogP) is 10.6. The molecule has 0 spiro atoms. The van der Waals surface area contributed by atoms with Gasteiger partial charge in [0.25, 0.3) is 8.32 Å². The van der Waals surface area contributed by atoms with Crippen molar-refractivity contribution in [3.8, 4) is 0 Å². The molecule has 51 heavy (non-hydrogen) atoms. The lowest BCUT2D eigenvalue weighted by molar-refractivity contribution is 0.297. The van der Waals surface area contributed by atoms with E-state index in [0.717, 1.165) is 19.3 Å². The van der Waals surface area contributed by atoms with E-state index in [1.807, 2.05) is 62.4 Å². The highest BCUT2D eigenvalue weighted by Gasteiger charge is 2.50. The lowest BCUT2D eigenvalue weighted by Gasteiger charge is -2.42. The number of unbranched alkanes of at least 4 members (excludes halogenated alkanes) is 2. The fourth-order valence-corrected chi connectivity index (χ4v) is 14.7. The minimum absolute atomic E-state index is 0.0350. The van der Waals surface area contributed by atoms with Crippen LogP contribution in [0.25, 0.3) is 0 Å². The molecule has 0 heterocycles. The Labute approximate surface area is 314 Å². The van der Waals surface area contributed by atoms with Crippen LogP contribution in [-0.4, -0.2) is 34.0 Å². The summed E-state index contributed by atoms with van der Waals surface area (Å²) in [6.07, 6.45) is 6.38. The van der Waals surface area contributed by atoms with Crippen LogP contribution in [0.3, 0.4) is 0 Å². The molecular formula is C44H59ClF2O2Si2. The third-order valence-corrected chi connectivity index (χ3v) is 21.0. The van der Waals surface area contributed by atoms with E-state index in [1.165, 1.54) is 26.8 Å². The first kappa shape index (κ1) is 44.0. The third-order valence-electron chi connectivity index (χ3n) is 8.68. The molecule has 2 nitrogen and oxygen atoms in total. The molecule has 276 valence electrons. The Morgan fingerprint density at radius 1 is 0.588 bits per heavy atom. The molecule has 0 aromatic heterocycles. The summed E-state index contributed by atoms with van der Waals surface area (Å²) in [4.78, 5) is 0. The predicted molar refractivity (Wildman–Crippen MR) is 222 cm³/mol. The van der Waals surface area contributed by atoms with Gasteiger partial charge in [-0.25, -0.2) is 8.78 Å². The Bertz CT molecular complexity index is 1510. The molecule has 0 fully saturated rings. The van der Waals surface area contributed by atoms with Crippen molar-refractivity contribution in [2.45, 2.75) is 91.1 Å². The molecule has 0 radical (unpaired) electrons. The van der Waals surface area contributed by atoms with Crippen LogP contribution in [0.5, 0.6) is 0 Å². The second-order valence-electron chi connectivity index (χ2n) is 14.6. The normalized spacial score (nSPS) is 12.7. The summed E-state index contributed by atoms with van der Waals surface area (Å²) in [7, 11) is -4.86. The second kappa shape index (κ2) is 21.4. The Balaban J connectivity index is 0.000000301. The van der Waals surface area contributed by atoms with Crippen molar-refractivity contribution in [2.75, 3.05) is 13.2 Å². The van der Waals surface area contributed by atoms with Gasteiger partial charge in [-0.15, -0.1) is 0 Å². The van der Waals surface area contributed by atoms with Crippen LogP contribution in [0.1, 0.15) is 81.1 Å². The highest BCUT2D eigenvalue weighted by atomic mass is 35.6. The van der Waals surface area contributed by atoms with Gasteiger partial charge in [-0.05, 0) is 43.7 Å². The first-order valence-electron chi connectivity index (χ1n) is 18.0. The fraction of sp³-hybridized carbons (Fsp3) is 0.364. The van der Waals surface area contributed by atoms with E-state index in [2.05, 4.69) is 114 Å². The van der Waals surface area contributed by atoms with Gasteiger partial charge in [0.2, 0.25) is 7.38 Å². The van der Waals surface area contributed by atoms with Crippen molar-refractivity contribution in [3.63, 3.8) is 0 Å². The number of hydrogen-bond acceptors (Lipinski definition) is 2. The summed E-state index contributed by atoms with van der Waals surface area (Å²) in [6.45, 7) is 16.9. The molecule has 4 aromatic carbocycles. The summed E-state index contributed by atoms with van der Waals surface area (Å²) in [5.41, 5.74) is 0. The second-order valence-corrected chi connectivity index (χ2v) is 24.6. The van der Waals surface area contributed by atoms with Crippen LogP contribution < -0.4 is 20.7 Å². The minimum atomic E-state index is -2.63. The summed E-state index contributed by atoms with van der Waals surface area (Å²) in [5.74, 6) is -0.596. The number of hydrogen-bond donors (Lipinski definition) is 1. The van der Waals surface area contributed by atoms with Crippen LogP contribution >= 0.6 is 11.1 Å². The van der Waals surface area contributed by atoms with Crippen molar-refractivity contribution in [2.24, 2.45) is 0 Å². The average molecular weight is 750 g/mol. The minimum Gasteiger partial charge on any atom is -0.401 e. The molecule has 0 aliphatic carbocycles. The maximum atomic E-state index is 14.3. The number of aliphatic hydroxyl groups is 1. The topological polar surface area (TPSA) is 29.5 Å². The van der Waals surface area contributed by atoms with Crippen molar-refractivity contribution < 1.29 is 18.3 Å². The van der Waals surface area contributed by atoms with Gasteiger partial charge >= 0.3 is 0 Å². The Morgan fingerprint density at radius 3 is 1.22 bits per heavy atom. The average Bonchev–Trinajstić information content (AvgIpc) is 3.14. The molecular weight excluding hydrogens is 690 g/mol. The van der Waals surface area contributed by atoms with Crippen molar-refractivity contribution >= 4 is 47.5 Å². The van der Waals surface area contributed by atoms with E-state index in [9.17, 15) is 8.78 Å². The van der Waals surface area contributed by atoms with Gasteiger partial charge in [0.1, 0.15) is 11.7 Å². The zero-order valence-corrected chi connectivity index (χ0v) is 34.7. The molecule has 0 amide bonds. The molecule has 7 heteroatoms. The van der Waals surface area contributed by atoms with Crippen LogP contribution in [-0.2, 0) is 4.43 Å². The largest absolute Gasteiger partial charge is 0.401 e. The number of rotatable bonds is 12. The molecule has 0 saturated carbocycles. The first-order chi connectivity index (χ1) is 24.2. The van der Waals surface area contributed by atoms with E-state index in [4.69, 9.17) is 20.6 Å². The monoisotopic (exact) mass is 748 g/mol. The summed E-state index contributed by atoms with van der Waals surface area (Å²) in [6, 6.07) is 41.7. The standard InChI is InChI=1S/C22H29FOSi.C16H19ClSi.C6H11FO/c1-5-6-13-19(23)18-24-25(22(2,3)4,20-14-9-7-10-15-20)21-16-11-8-12-17-21;1-16(2,3)18(17,14-10-6-4-7-11-14)15-12-8-5-9-13-15;1-2-3-4-6(7)5-8/h7-17H,5-6,18H2,1-4H3;4-13H,1-3H3;4,8H,2-3,5H2,1H3/b19-13+;;6-4+. The number of aliphatic hydroxyl groups excluding tert-OH is 1. The number of benzene rings is 4. The van der Waals surface area contributed by atoms with Crippen molar-refractivity contribution in [1.29, 1.82) is 0 Å². The highest BCUT2D eigenvalue weighted by Crippen LogP contribution is 2.39. The molecule has 0 atom stereocenters. The lowest BCUT2D eigenvalue weighted by Crippen LogP contribution is -2.66. The molecule has 0 bridgehead atoms. The van der Waals surface area contributed by atoms with Crippen LogP contribution in [0.2, 0.25) is 10.1 Å². The Morgan fingerprint density at radius 2 is 0.922 bits per heavy atom. The van der Waals surface area contributed by atoms with Crippen LogP contribution in [0, 0.1) is 0 Å². The molecule has 0 saturated heterocycles. The summed E-state index contributed by atoms with van der Waals surface area (Å²) < 4.78 is 32.7. The van der Waals surface area contributed by atoms with Gasteiger partial charge in [-0.3, -0.25) is 0 Å². The molecule has 0 unspecified atom stereocenters. The highest BCUT2D eigenvalue weighted by molar-refractivity contribution is 7.35. The lowest BCUT2D eigenvalue weighted by atomic mass is 10.2. The maximum absolute atomic E-state index is 14.3. The zero-order valence-electron chi connectivity index (χ0n) is 31.9. The van der Waals surface area contributed by atoms with Gasteiger partial charge < -0.3 is 9.53 Å². The summed E-state index contributed by atoms with van der Waals surface area (Å²) in [5, 5.41) is 13.0. The molecule has 0 aliphatic rings. The summed E-state index contributed by atoms with van der Waals surface area (Å²) >= 11 is 7.21. The van der Waals surface area contributed by atoms with Crippen LogP contribution in [0.4, 0.5) is 8.78 Å². The molecule has 4 aromatic rings. The van der Waals surface area contributed by atoms with E-state index in [1.54, 1.807) is 6.08 Å². The van der Waals surface area contributed by atoms with E-state index >= 15 is 0 Å². The zero-order chi connectivity index (χ0) is 38.0. The number of halogens is 3. The van der Waals surface area contributed by atoms with E-state index in [0.29, 0.717) is 6.42 Å². The quantitative estimate of drug-likeness (QED) is 0.115. The van der Waals surface area contributed by atoms with Gasteiger partial charge in [-0.2, -0.15) is 11.1 Å². The van der Waals surface area contributed by atoms with Crippen molar-refractivity contribution in [1.82, 2.24) is 0 Å². The van der Waals surface area contributed by atoms with Gasteiger partial charge in [0.15, 0.2) is 0 Å². The SMILES string of the molecule is CC(C)(C)[Si](Cl)(c1ccccc1)c1ccccc1.CCC/C=C(/F)CO.CCC/C=C(/F)CO[Si](c1ccccc1)(c1ccccc1)C(C)(C)C. The van der Waals surface area contributed by atoms with E-state index < -0.39 is 28.1 Å². The third kappa shape index (κ3) is 12.5. The maximum Gasteiger partial charge on any atom is 0.261 e. The van der Waals surface area contributed by atoms with Gasteiger partial charge in [0.05, 0.1) is 13.2 Å². The fourth-order valence-electron chi connectivity index (χ4n) is 6.03. The molecule has 1 N–H and O–H groups in total. The van der Waals surface area contributed by atoms with Gasteiger partial charge in [0, 0.05) is 0 Å². The van der Waals surface area contributed by atoms with Gasteiger partial charge in [-0.1, -0.05) is 202 Å². The van der Waals surface area contributed by atoms with E-state index in [-0.39, 0.29) is 22.5 Å². The number of allylic oxidation sites excluding steroid dienone is 2. The molecule has 0 aliphatic heterocycles. The Kier molecular flexibility index (Phi) is 18.5. The first-order valence-corrected chi connectivity index (χ1v) is 23.0.